The zero-order valence-corrected chi connectivity index (χ0v) is 17.0. The Hall–Kier alpha value is -3.32. The molecule has 0 aromatic heterocycles. The number of anilines is 1. The standard InChI is InChI=1S/C22H22N2O4S/c1-16-6-3-4-7-18(16)15-23-22(25)17-8-5-9-19(14-17)24-29(26,27)21-12-10-20(28-2)11-13-21/h3-14,24H,15H2,1-2H3,(H,23,25). The molecule has 0 saturated carbocycles. The zero-order chi connectivity index (χ0) is 20.9. The number of rotatable bonds is 7. The fourth-order valence-corrected chi connectivity index (χ4v) is 3.83. The van der Waals surface area contributed by atoms with E-state index in [1.54, 1.807) is 30.3 Å². The molecule has 0 aliphatic heterocycles. The van der Waals surface area contributed by atoms with Crippen molar-refractivity contribution in [3.63, 3.8) is 0 Å². The predicted molar refractivity (Wildman–Crippen MR) is 113 cm³/mol. The summed E-state index contributed by atoms with van der Waals surface area (Å²) in [5.41, 5.74) is 2.80. The summed E-state index contributed by atoms with van der Waals surface area (Å²) in [6.07, 6.45) is 0. The van der Waals surface area contributed by atoms with Crippen LogP contribution in [0.25, 0.3) is 0 Å². The van der Waals surface area contributed by atoms with Gasteiger partial charge in [-0.15, -0.1) is 0 Å². The summed E-state index contributed by atoms with van der Waals surface area (Å²) < 4.78 is 32.7. The van der Waals surface area contributed by atoms with Crippen molar-refractivity contribution in [3.8, 4) is 5.75 Å². The third kappa shape index (κ3) is 5.14. The van der Waals surface area contributed by atoms with Gasteiger partial charge in [-0.05, 0) is 60.5 Å². The van der Waals surface area contributed by atoms with Gasteiger partial charge in [-0.3, -0.25) is 9.52 Å². The van der Waals surface area contributed by atoms with Crippen molar-refractivity contribution >= 4 is 21.6 Å². The zero-order valence-electron chi connectivity index (χ0n) is 16.2. The van der Waals surface area contributed by atoms with Crippen LogP contribution < -0.4 is 14.8 Å². The molecule has 6 nitrogen and oxygen atoms in total. The lowest BCUT2D eigenvalue weighted by molar-refractivity contribution is 0.0951. The average molecular weight is 410 g/mol. The van der Waals surface area contributed by atoms with Crippen LogP contribution in [-0.2, 0) is 16.6 Å². The SMILES string of the molecule is COc1ccc(S(=O)(=O)Nc2cccc(C(=O)NCc3ccccc3C)c2)cc1. The molecule has 3 rings (SSSR count). The molecule has 0 saturated heterocycles. The number of carbonyl (C=O) groups is 1. The molecule has 7 heteroatoms. The first kappa shape index (κ1) is 20.4. The normalized spacial score (nSPS) is 11.0. The molecule has 0 aliphatic rings. The second-order valence-corrected chi connectivity index (χ2v) is 8.15. The molecule has 0 bridgehead atoms. The summed E-state index contributed by atoms with van der Waals surface area (Å²) in [6, 6.07) is 20.2. The quantitative estimate of drug-likeness (QED) is 0.622. The number of aryl methyl sites for hydroxylation is 1. The molecule has 150 valence electrons. The van der Waals surface area contributed by atoms with E-state index in [0.717, 1.165) is 11.1 Å². The van der Waals surface area contributed by atoms with Crippen molar-refractivity contribution in [1.29, 1.82) is 0 Å². The van der Waals surface area contributed by atoms with E-state index in [2.05, 4.69) is 10.0 Å². The summed E-state index contributed by atoms with van der Waals surface area (Å²) in [4.78, 5) is 12.6. The number of benzene rings is 3. The van der Waals surface area contributed by atoms with Gasteiger partial charge in [-0.2, -0.15) is 0 Å². The van der Waals surface area contributed by atoms with Crippen molar-refractivity contribution < 1.29 is 17.9 Å². The Balaban J connectivity index is 1.71. The molecule has 0 heterocycles. The summed E-state index contributed by atoms with van der Waals surface area (Å²) in [5.74, 6) is 0.287. The highest BCUT2D eigenvalue weighted by Gasteiger charge is 2.15. The van der Waals surface area contributed by atoms with Crippen LogP contribution in [-0.4, -0.2) is 21.4 Å². The Labute approximate surface area is 170 Å². The number of methoxy groups -OCH3 is 1. The molecule has 2 N–H and O–H groups in total. The van der Waals surface area contributed by atoms with Gasteiger partial charge in [-0.1, -0.05) is 30.3 Å². The van der Waals surface area contributed by atoms with E-state index >= 15 is 0 Å². The second-order valence-electron chi connectivity index (χ2n) is 6.47. The topological polar surface area (TPSA) is 84.5 Å². The van der Waals surface area contributed by atoms with Gasteiger partial charge in [0.1, 0.15) is 5.75 Å². The van der Waals surface area contributed by atoms with E-state index in [1.807, 2.05) is 31.2 Å². The maximum Gasteiger partial charge on any atom is 0.261 e. The van der Waals surface area contributed by atoms with Gasteiger partial charge in [-0.25, -0.2) is 8.42 Å². The smallest absolute Gasteiger partial charge is 0.261 e. The van der Waals surface area contributed by atoms with Crippen molar-refractivity contribution in [2.45, 2.75) is 18.4 Å². The number of ether oxygens (including phenoxy) is 1. The lowest BCUT2D eigenvalue weighted by Gasteiger charge is -2.11. The Kier molecular flexibility index (Phi) is 6.19. The second kappa shape index (κ2) is 8.79. The van der Waals surface area contributed by atoms with Crippen molar-refractivity contribution in [2.75, 3.05) is 11.8 Å². The predicted octanol–water partition coefficient (Wildman–Crippen LogP) is 3.73. The van der Waals surface area contributed by atoms with Crippen LogP contribution in [0.5, 0.6) is 5.75 Å². The fraction of sp³-hybridized carbons (Fsp3) is 0.136. The number of hydrogen-bond acceptors (Lipinski definition) is 4. The monoisotopic (exact) mass is 410 g/mol. The average Bonchev–Trinajstić information content (AvgIpc) is 2.73. The van der Waals surface area contributed by atoms with E-state index in [9.17, 15) is 13.2 Å². The summed E-state index contributed by atoms with van der Waals surface area (Å²) in [5, 5.41) is 2.86. The first-order valence-corrected chi connectivity index (χ1v) is 10.5. The van der Waals surface area contributed by atoms with Gasteiger partial charge in [0.2, 0.25) is 0 Å². The highest BCUT2D eigenvalue weighted by molar-refractivity contribution is 7.92. The van der Waals surface area contributed by atoms with E-state index < -0.39 is 10.0 Å². The van der Waals surface area contributed by atoms with Crippen LogP contribution in [0.15, 0.2) is 77.7 Å². The minimum atomic E-state index is -3.78. The van der Waals surface area contributed by atoms with E-state index in [-0.39, 0.29) is 10.8 Å². The lowest BCUT2D eigenvalue weighted by atomic mass is 10.1. The van der Waals surface area contributed by atoms with Crippen molar-refractivity contribution in [2.24, 2.45) is 0 Å². The molecule has 0 unspecified atom stereocenters. The summed E-state index contributed by atoms with van der Waals surface area (Å²) in [7, 11) is -2.27. The van der Waals surface area contributed by atoms with E-state index in [0.29, 0.717) is 23.5 Å². The third-order valence-electron chi connectivity index (χ3n) is 4.45. The molecule has 0 radical (unpaired) electrons. The van der Waals surface area contributed by atoms with E-state index in [4.69, 9.17) is 4.74 Å². The number of amides is 1. The highest BCUT2D eigenvalue weighted by atomic mass is 32.2. The van der Waals surface area contributed by atoms with Gasteiger partial charge in [0.05, 0.1) is 12.0 Å². The van der Waals surface area contributed by atoms with Crippen LogP contribution in [0.3, 0.4) is 0 Å². The number of sulfonamides is 1. The highest BCUT2D eigenvalue weighted by Crippen LogP contribution is 2.20. The minimum Gasteiger partial charge on any atom is -0.497 e. The van der Waals surface area contributed by atoms with Gasteiger partial charge in [0, 0.05) is 17.8 Å². The van der Waals surface area contributed by atoms with Gasteiger partial charge in [0.15, 0.2) is 0 Å². The molecule has 0 spiro atoms. The van der Waals surface area contributed by atoms with Crippen LogP contribution in [0.2, 0.25) is 0 Å². The van der Waals surface area contributed by atoms with Crippen molar-refractivity contribution in [3.05, 3.63) is 89.5 Å². The molecular weight excluding hydrogens is 388 g/mol. The summed E-state index contributed by atoms with van der Waals surface area (Å²) in [6.45, 7) is 2.38. The Morgan fingerprint density at radius 1 is 0.966 bits per heavy atom. The molecule has 3 aromatic rings. The Morgan fingerprint density at radius 2 is 1.69 bits per heavy atom. The maximum absolute atomic E-state index is 12.6. The molecule has 1 amide bonds. The molecule has 0 fully saturated rings. The Bertz CT molecular complexity index is 1110. The van der Waals surface area contributed by atoms with Crippen LogP contribution in [0, 0.1) is 6.92 Å². The van der Waals surface area contributed by atoms with Crippen LogP contribution in [0.4, 0.5) is 5.69 Å². The molecule has 3 aromatic carbocycles. The van der Waals surface area contributed by atoms with Crippen LogP contribution >= 0.6 is 0 Å². The number of hydrogen-bond donors (Lipinski definition) is 2. The van der Waals surface area contributed by atoms with Crippen molar-refractivity contribution in [1.82, 2.24) is 5.32 Å². The van der Waals surface area contributed by atoms with Gasteiger partial charge < -0.3 is 10.1 Å². The minimum absolute atomic E-state index is 0.104. The Morgan fingerprint density at radius 3 is 2.38 bits per heavy atom. The molecule has 0 atom stereocenters. The van der Waals surface area contributed by atoms with E-state index in [1.165, 1.54) is 25.3 Å². The molecular formula is C22H22N2O4S. The number of nitrogens with one attached hydrogen (secondary N) is 2. The largest absolute Gasteiger partial charge is 0.497 e. The van der Waals surface area contributed by atoms with Crippen LogP contribution in [0.1, 0.15) is 21.5 Å². The number of carbonyl (C=O) groups excluding carboxylic acids is 1. The molecule has 29 heavy (non-hydrogen) atoms. The van der Waals surface area contributed by atoms with Gasteiger partial charge in [0.25, 0.3) is 15.9 Å². The molecule has 0 aliphatic carbocycles. The summed E-state index contributed by atoms with van der Waals surface area (Å²) >= 11 is 0. The van der Waals surface area contributed by atoms with Gasteiger partial charge >= 0.3 is 0 Å². The first-order valence-electron chi connectivity index (χ1n) is 8.99. The fourth-order valence-electron chi connectivity index (χ4n) is 2.78. The first-order chi connectivity index (χ1) is 13.9. The third-order valence-corrected chi connectivity index (χ3v) is 5.84. The maximum atomic E-state index is 12.6. The lowest BCUT2D eigenvalue weighted by Crippen LogP contribution is -2.23.